The molecule has 0 saturated heterocycles. The molecule has 3 atom stereocenters. The lowest BCUT2D eigenvalue weighted by Crippen LogP contribution is -2.49. The Balaban J connectivity index is 1.85. The Hall–Kier alpha value is -2.64. The van der Waals surface area contributed by atoms with Crippen LogP contribution in [0.4, 0.5) is 0 Å². The van der Waals surface area contributed by atoms with E-state index >= 15 is 0 Å². The number of nitriles is 1. The molecule has 4 rings (SSSR count). The van der Waals surface area contributed by atoms with Crippen LogP contribution in [0.2, 0.25) is 0 Å². The van der Waals surface area contributed by atoms with E-state index < -0.39 is 25.2 Å². The zero-order valence-corrected chi connectivity index (χ0v) is 17.9. The summed E-state index contributed by atoms with van der Waals surface area (Å²) in [5.41, 5.74) is 0.00461. The summed E-state index contributed by atoms with van der Waals surface area (Å²) in [6, 6.07) is 16.2. The first-order valence-electron chi connectivity index (χ1n) is 9.96. The third-order valence-corrected chi connectivity index (χ3v) is 8.18. The van der Waals surface area contributed by atoms with Gasteiger partial charge in [-0.15, -0.1) is 0 Å². The van der Waals surface area contributed by atoms with Crippen LogP contribution in [-0.2, 0) is 9.09 Å². The fourth-order valence-corrected chi connectivity index (χ4v) is 6.25. The number of aliphatic hydroxyl groups excluding tert-OH is 1. The second-order valence-corrected chi connectivity index (χ2v) is 10.5. The van der Waals surface area contributed by atoms with Gasteiger partial charge >= 0.3 is 0 Å². The highest BCUT2D eigenvalue weighted by atomic mass is 31.2. The summed E-state index contributed by atoms with van der Waals surface area (Å²) in [4.78, 5) is 0. The van der Waals surface area contributed by atoms with Crippen LogP contribution in [0.15, 0.2) is 72.1 Å². The Labute approximate surface area is 176 Å². The van der Waals surface area contributed by atoms with Crippen molar-refractivity contribution < 1.29 is 18.9 Å². The average Bonchev–Trinajstić information content (AvgIpc) is 2.77. The van der Waals surface area contributed by atoms with Crippen molar-refractivity contribution in [2.24, 2.45) is 0 Å². The van der Waals surface area contributed by atoms with Gasteiger partial charge in [0.2, 0.25) is 0 Å². The zero-order valence-electron chi connectivity index (χ0n) is 17.0. The summed E-state index contributed by atoms with van der Waals surface area (Å²) >= 11 is 0. The fraction of sp³-hybridized carbons (Fsp3) is 0.292. The molecule has 1 heterocycles. The lowest BCUT2D eigenvalue weighted by molar-refractivity contribution is -0.101. The van der Waals surface area contributed by atoms with Crippen LogP contribution in [0.25, 0.3) is 0 Å². The Morgan fingerprint density at radius 1 is 1.23 bits per heavy atom. The maximum absolute atomic E-state index is 14.4. The number of hydrogen-bond acceptors (Lipinski definition) is 5. The molecule has 2 aromatic rings. The SMILES string of the molecule is CC1(C)Oc2ccc(C#N)cc2[C@@H](OP(=O)(C2=CC=CCC2)c2ccccc2)[C@@H]1O. The number of nitrogens with zero attached hydrogens (tertiary/aromatic N) is 1. The molecule has 154 valence electrons. The number of ether oxygens (including phenoxy) is 1. The van der Waals surface area contributed by atoms with Crippen LogP contribution < -0.4 is 10.0 Å². The smallest absolute Gasteiger partial charge is 0.258 e. The number of aliphatic hydroxyl groups is 1. The van der Waals surface area contributed by atoms with Crippen molar-refractivity contribution in [3.05, 3.63) is 83.2 Å². The van der Waals surface area contributed by atoms with Crippen molar-refractivity contribution in [1.29, 1.82) is 5.26 Å². The maximum atomic E-state index is 14.4. The number of fused-ring (bicyclic) bond motifs is 1. The molecule has 0 fully saturated rings. The summed E-state index contributed by atoms with van der Waals surface area (Å²) in [5.74, 6) is 0.520. The molecule has 1 aliphatic heterocycles. The van der Waals surface area contributed by atoms with Crippen molar-refractivity contribution in [1.82, 2.24) is 0 Å². The summed E-state index contributed by atoms with van der Waals surface area (Å²) in [6.45, 7) is 3.54. The van der Waals surface area contributed by atoms with Crippen LogP contribution in [0.1, 0.15) is 43.9 Å². The van der Waals surface area contributed by atoms with Gasteiger partial charge in [-0.1, -0.05) is 36.4 Å². The van der Waals surface area contributed by atoms with Gasteiger partial charge in [0.25, 0.3) is 7.37 Å². The molecule has 6 heteroatoms. The van der Waals surface area contributed by atoms with E-state index in [2.05, 4.69) is 6.07 Å². The Kier molecular flexibility index (Phi) is 5.42. The van der Waals surface area contributed by atoms with Crippen LogP contribution in [-0.4, -0.2) is 16.8 Å². The van der Waals surface area contributed by atoms with E-state index in [4.69, 9.17) is 9.26 Å². The topological polar surface area (TPSA) is 79.5 Å². The first-order valence-corrected chi connectivity index (χ1v) is 11.6. The fourth-order valence-electron chi connectivity index (χ4n) is 3.84. The van der Waals surface area contributed by atoms with Crippen molar-refractivity contribution >= 4 is 12.7 Å². The van der Waals surface area contributed by atoms with Crippen LogP contribution in [0, 0.1) is 11.3 Å². The van der Waals surface area contributed by atoms with E-state index in [1.165, 1.54) is 0 Å². The van der Waals surface area contributed by atoms with E-state index in [0.29, 0.717) is 33.9 Å². The third-order valence-electron chi connectivity index (χ3n) is 5.55. The van der Waals surface area contributed by atoms with Crippen molar-refractivity contribution in [3.63, 3.8) is 0 Å². The van der Waals surface area contributed by atoms with Crippen LogP contribution >= 0.6 is 7.37 Å². The minimum absolute atomic E-state index is 0.423. The van der Waals surface area contributed by atoms with Crippen molar-refractivity contribution in [2.45, 2.75) is 44.5 Å². The third kappa shape index (κ3) is 3.63. The molecule has 1 N–H and O–H groups in total. The quantitative estimate of drug-likeness (QED) is 0.704. The van der Waals surface area contributed by atoms with Gasteiger partial charge in [0.1, 0.15) is 23.6 Å². The minimum atomic E-state index is -3.48. The predicted octanol–water partition coefficient (Wildman–Crippen LogP) is 4.99. The molecular formula is C24H24NO4P. The molecule has 2 aliphatic rings. The number of rotatable bonds is 4. The van der Waals surface area contributed by atoms with Gasteiger partial charge in [0.05, 0.1) is 11.6 Å². The average molecular weight is 421 g/mol. The van der Waals surface area contributed by atoms with Crippen molar-refractivity contribution in [2.75, 3.05) is 0 Å². The standard InChI is InChI=1S/C24H24NO4P/c1-24(2)23(26)22(20-15-17(16-25)13-14-21(20)28-24)29-30(27,18-9-5-3-6-10-18)19-11-7-4-8-12-19/h3-7,9-11,13-15,22-23,26H,8,12H2,1-2H3/t22-,23+,30?/m1/s1. The molecule has 0 radical (unpaired) electrons. The first-order chi connectivity index (χ1) is 14.3. The van der Waals surface area contributed by atoms with Crippen LogP contribution in [0.5, 0.6) is 5.75 Å². The largest absolute Gasteiger partial charge is 0.485 e. The van der Waals surface area contributed by atoms with Gasteiger partial charge in [-0.2, -0.15) is 5.26 Å². The molecule has 1 unspecified atom stereocenters. The number of benzene rings is 2. The van der Waals surface area contributed by atoms with E-state index in [-0.39, 0.29) is 0 Å². The Bertz CT molecular complexity index is 1100. The lowest BCUT2D eigenvalue weighted by Gasteiger charge is -2.43. The lowest BCUT2D eigenvalue weighted by atomic mass is 9.88. The molecule has 30 heavy (non-hydrogen) atoms. The van der Waals surface area contributed by atoms with E-state index in [9.17, 15) is 14.9 Å². The summed E-state index contributed by atoms with van der Waals surface area (Å²) in [5, 5.41) is 21.8. The van der Waals surface area contributed by atoms with E-state index in [1.807, 2.05) is 36.4 Å². The molecule has 0 spiro atoms. The summed E-state index contributed by atoms with van der Waals surface area (Å²) < 4.78 is 26.8. The number of hydrogen-bond donors (Lipinski definition) is 1. The normalized spacial score (nSPS) is 24.0. The van der Waals surface area contributed by atoms with Gasteiger partial charge in [0, 0.05) is 16.2 Å². The summed E-state index contributed by atoms with van der Waals surface area (Å²) in [7, 11) is -3.48. The number of allylic oxidation sites excluding steroid dienone is 4. The minimum Gasteiger partial charge on any atom is -0.485 e. The highest BCUT2D eigenvalue weighted by molar-refractivity contribution is 7.71. The van der Waals surface area contributed by atoms with Crippen LogP contribution in [0.3, 0.4) is 0 Å². The van der Waals surface area contributed by atoms with Gasteiger partial charge in [-0.05, 0) is 57.0 Å². The highest BCUT2D eigenvalue weighted by Crippen LogP contribution is 2.61. The molecular weight excluding hydrogens is 397 g/mol. The maximum Gasteiger partial charge on any atom is 0.258 e. The second kappa shape index (κ2) is 7.89. The molecule has 0 bridgehead atoms. The predicted molar refractivity (Wildman–Crippen MR) is 116 cm³/mol. The molecule has 0 saturated carbocycles. The van der Waals surface area contributed by atoms with E-state index in [0.717, 1.165) is 6.42 Å². The molecule has 0 aromatic heterocycles. The summed E-state index contributed by atoms with van der Waals surface area (Å²) in [6.07, 6.45) is 5.19. The molecule has 0 amide bonds. The van der Waals surface area contributed by atoms with Gasteiger partial charge in [-0.3, -0.25) is 4.57 Å². The first kappa shape index (κ1) is 20.6. The van der Waals surface area contributed by atoms with E-state index in [1.54, 1.807) is 44.2 Å². The Morgan fingerprint density at radius 2 is 2.00 bits per heavy atom. The Morgan fingerprint density at radius 3 is 2.67 bits per heavy atom. The molecule has 5 nitrogen and oxygen atoms in total. The van der Waals surface area contributed by atoms with Gasteiger partial charge in [0.15, 0.2) is 0 Å². The second-order valence-electron chi connectivity index (χ2n) is 8.05. The van der Waals surface area contributed by atoms with Crippen molar-refractivity contribution in [3.8, 4) is 11.8 Å². The highest BCUT2D eigenvalue weighted by Gasteiger charge is 2.47. The zero-order chi connectivity index (χ0) is 21.4. The van der Waals surface area contributed by atoms with Gasteiger partial charge < -0.3 is 14.4 Å². The monoisotopic (exact) mass is 421 g/mol. The van der Waals surface area contributed by atoms with Gasteiger partial charge in [-0.25, -0.2) is 0 Å². The molecule has 1 aliphatic carbocycles. The molecule has 2 aromatic carbocycles.